The SMILES string of the molecule is CC(O)(CC(=O)OC1(C)CCCC(=O)C1)CC(=O)OC1(C)CCOC(=O)C1. The average Bonchev–Trinajstić information content (AvgIpc) is 2.42. The van der Waals surface area contributed by atoms with Gasteiger partial charge in [-0.1, -0.05) is 0 Å². The van der Waals surface area contributed by atoms with Gasteiger partial charge in [-0.3, -0.25) is 19.2 Å². The van der Waals surface area contributed by atoms with Crippen molar-refractivity contribution in [2.75, 3.05) is 6.61 Å². The number of hydrogen-bond donors (Lipinski definition) is 1. The van der Waals surface area contributed by atoms with E-state index in [-0.39, 0.29) is 25.2 Å². The number of Topliss-reactive ketones (excluding diaryl/α,β-unsaturated/α-hetero) is 1. The quantitative estimate of drug-likeness (QED) is 0.542. The molecular formula is C19H28O8. The molecule has 2 fully saturated rings. The molecule has 0 aromatic rings. The molecule has 0 aromatic heterocycles. The van der Waals surface area contributed by atoms with E-state index in [1.807, 2.05) is 0 Å². The summed E-state index contributed by atoms with van der Waals surface area (Å²) in [6.07, 6.45) is 1.42. The van der Waals surface area contributed by atoms with Crippen molar-refractivity contribution in [3.05, 3.63) is 0 Å². The van der Waals surface area contributed by atoms with Gasteiger partial charge in [0.2, 0.25) is 0 Å². The van der Waals surface area contributed by atoms with Crippen LogP contribution >= 0.6 is 0 Å². The fourth-order valence-corrected chi connectivity index (χ4v) is 3.56. The maximum Gasteiger partial charge on any atom is 0.309 e. The average molecular weight is 384 g/mol. The molecule has 1 heterocycles. The van der Waals surface area contributed by atoms with Gasteiger partial charge in [-0.2, -0.15) is 0 Å². The fraction of sp³-hybridized carbons (Fsp3) is 0.789. The van der Waals surface area contributed by atoms with Crippen LogP contribution in [0.2, 0.25) is 0 Å². The number of ether oxygens (including phenoxy) is 3. The molecule has 3 unspecified atom stereocenters. The van der Waals surface area contributed by atoms with Gasteiger partial charge in [0.15, 0.2) is 0 Å². The molecule has 1 saturated heterocycles. The lowest BCUT2D eigenvalue weighted by Gasteiger charge is -2.34. The molecule has 1 aliphatic carbocycles. The van der Waals surface area contributed by atoms with Crippen LogP contribution in [-0.2, 0) is 33.4 Å². The Kier molecular flexibility index (Phi) is 6.29. The van der Waals surface area contributed by atoms with E-state index in [9.17, 15) is 24.3 Å². The monoisotopic (exact) mass is 384 g/mol. The Hall–Kier alpha value is -1.96. The number of ketones is 1. The van der Waals surface area contributed by atoms with Crippen LogP contribution in [0.25, 0.3) is 0 Å². The first kappa shape index (κ1) is 21.3. The zero-order chi connectivity index (χ0) is 20.3. The second-order valence-electron chi connectivity index (χ2n) is 8.41. The Labute approximate surface area is 158 Å². The second-order valence-corrected chi connectivity index (χ2v) is 8.41. The Bertz CT molecular complexity index is 573. The summed E-state index contributed by atoms with van der Waals surface area (Å²) in [6.45, 7) is 4.85. The maximum atomic E-state index is 12.2. The molecule has 2 aliphatic rings. The molecule has 0 amide bonds. The van der Waals surface area contributed by atoms with E-state index in [1.165, 1.54) is 6.92 Å². The summed E-state index contributed by atoms with van der Waals surface area (Å²) in [7, 11) is 0. The van der Waals surface area contributed by atoms with Crippen molar-refractivity contribution in [3.63, 3.8) is 0 Å². The number of aliphatic hydroxyl groups is 1. The third-order valence-electron chi connectivity index (χ3n) is 4.92. The van der Waals surface area contributed by atoms with Gasteiger partial charge in [-0.05, 0) is 33.6 Å². The molecule has 8 heteroatoms. The van der Waals surface area contributed by atoms with E-state index < -0.39 is 47.6 Å². The molecule has 0 aromatic carbocycles. The molecule has 0 bridgehead atoms. The van der Waals surface area contributed by atoms with Gasteiger partial charge in [0.1, 0.15) is 17.0 Å². The molecule has 0 radical (unpaired) electrons. The molecular weight excluding hydrogens is 356 g/mol. The van der Waals surface area contributed by atoms with Crippen molar-refractivity contribution >= 4 is 23.7 Å². The Morgan fingerprint density at radius 3 is 2.15 bits per heavy atom. The molecule has 1 N–H and O–H groups in total. The molecule has 1 saturated carbocycles. The highest BCUT2D eigenvalue weighted by Crippen LogP contribution is 2.31. The van der Waals surface area contributed by atoms with E-state index in [0.29, 0.717) is 25.7 Å². The number of carbonyl (C=O) groups excluding carboxylic acids is 4. The lowest BCUT2D eigenvalue weighted by molar-refractivity contribution is -0.178. The molecule has 8 nitrogen and oxygen atoms in total. The maximum absolute atomic E-state index is 12.2. The lowest BCUT2D eigenvalue weighted by Crippen LogP contribution is -2.43. The summed E-state index contributed by atoms with van der Waals surface area (Å²) in [5.41, 5.74) is -3.49. The molecule has 152 valence electrons. The van der Waals surface area contributed by atoms with Crippen molar-refractivity contribution in [3.8, 4) is 0 Å². The molecule has 1 aliphatic heterocycles. The minimum atomic E-state index is -1.66. The minimum absolute atomic E-state index is 0.0463. The van der Waals surface area contributed by atoms with Crippen molar-refractivity contribution in [2.24, 2.45) is 0 Å². The third kappa shape index (κ3) is 6.61. The van der Waals surface area contributed by atoms with Gasteiger partial charge in [0.25, 0.3) is 0 Å². The number of carbonyl (C=O) groups is 4. The first-order chi connectivity index (χ1) is 12.4. The predicted octanol–water partition coefficient (Wildman–Crippen LogP) is 1.60. The molecule has 3 atom stereocenters. The van der Waals surface area contributed by atoms with Crippen LogP contribution < -0.4 is 0 Å². The van der Waals surface area contributed by atoms with Crippen LogP contribution in [0.4, 0.5) is 0 Å². The van der Waals surface area contributed by atoms with Crippen molar-refractivity contribution in [2.45, 2.75) is 88.9 Å². The third-order valence-corrected chi connectivity index (χ3v) is 4.92. The first-order valence-corrected chi connectivity index (χ1v) is 9.24. The first-order valence-electron chi connectivity index (χ1n) is 9.24. The van der Waals surface area contributed by atoms with E-state index in [2.05, 4.69) is 0 Å². The van der Waals surface area contributed by atoms with Gasteiger partial charge in [-0.25, -0.2) is 0 Å². The smallest absolute Gasteiger partial charge is 0.309 e. The van der Waals surface area contributed by atoms with Gasteiger partial charge in [0.05, 0.1) is 31.5 Å². The summed E-state index contributed by atoms with van der Waals surface area (Å²) in [6, 6.07) is 0. The Morgan fingerprint density at radius 2 is 1.63 bits per heavy atom. The highest BCUT2D eigenvalue weighted by molar-refractivity contribution is 5.81. The van der Waals surface area contributed by atoms with Gasteiger partial charge in [0, 0.05) is 19.3 Å². The highest BCUT2D eigenvalue weighted by atomic mass is 16.6. The molecule has 2 rings (SSSR count). The summed E-state index contributed by atoms with van der Waals surface area (Å²) < 4.78 is 15.6. The number of cyclic esters (lactones) is 1. The summed E-state index contributed by atoms with van der Waals surface area (Å²) >= 11 is 0. The zero-order valence-corrected chi connectivity index (χ0v) is 16.2. The van der Waals surface area contributed by atoms with Crippen LogP contribution in [0, 0.1) is 0 Å². The summed E-state index contributed by atoms with van der Waals surface area (Å²) in [5.74, 6) is -1.77. The number of esters is 3. The van der Waals surface area contributed by atoms with Crippen LogP contribution in [0.1, 0.15) is 72.1 Å². The summed E-state index contributed by atoms with van der Waals surface area (Å²) in [5, 5.41) is 10.4. The zero-order valence-electron chi connectivity index (χ0n) is 16.2. The Morgan fingerprint density at radius 1 is 1.07 bits per heavy atom. The van der Waals surface area contributed by atoms with Crippen LogP contribution in [0.3, 0.4) is 0 Å². The molecule has 0 spiro atoms. The predicted molar refractivity (Wildman–Crippen MR) is 92.5 cm³/mol. The van der Waals surface area contributed by atoms with Crippen LogP contribution in [-0.4, -0.2) is 52.2 Å². The van der Waals surface area contributed by atoms with Crippen molar-refractivity contribution < 1.29 is 38.5 Å². The standard InChI is InChI=1S/C19H28O8/c1-17(24,10-15(22)26-18(2)6-4-5-13(20)9-18)11-16(23)27-19(3)7-8-25-14(21)12-19/h24H,4-12H2,1-3H3. The second kappa shape index (κ2) is 7.96. The van der Waals surface area contributed by atoms with Crippen molar-refractivity contribution in [1.29, 1.82) is 0 Å². The van der Waals surface area contributed by atoms with Gasteiger partial charge in [-0.15, -0.1) is 0 Å². The van der Waals surface area contributed by atoms with E-state index >= 15 is 0 Å². The largest absolute Gasteiger partial charge is 0.465 e. The van der Waals surface area contributed by atoms with E-state index in [1.54, 1.807) is 13.8 Å². The van der Waals surface area contributed by atoms with E-state index in [4.69, 9.17) is 14.2 Å². The summed E-state index contributed by atoms with van der Waals surface area (Å²) in [4.78, 5) is 47.4. The lowest BCUT2D eigenvalue weighted by atomic mass is 9.85. The number of rotatable bonds is 6. The number of hydrogen-bond acceptors (Lipinski definition) is 8. The van der Waals surface area contributed by atoms with Gasteiger partial charge < -0.3 is 19.3 Å². The van der Waals surface area contributed by atoms with E-state index in [0.717, 1.165) is 0 Å². The molecule has 27 heavy (non-hydrogen) atoms. The fourth-order valence-electron chi connectivity index (χ4n) is 3.56. The normalized spacial score (nSPS) is 30.8. The minimum Gasteiger partial charge on any atom is -0.465 e. The Balaban J connectivity index is 1.86. The topological polar surface area (TPSA) is 116 Å². The highest BCUT2D eigenvalue weighted by Gasteiger charge is 2.40. The van der Waals surface area contributed by atoms with Crippen LogP contribution in [0.15, 0.2) is 0 Å². The van der Waals surface area contributed by atoms with Gasteiger partial charge >= 0.3 is 17.9 Å². The van der Waals surface area contributed by atoms with Crippen LogP contribution in [0.5, 0.6) is 0 Å². The van der Waals surface area contributed by atoms with Crippen molar-refractivity contribution in [1.82, 2.24) is 0 Å².